The number of thiocarbonyl (C=S) groups is 1. The molecular formula is C13H15N3S2. The Kier molecular flexibility index (Phi) is 3.93. The van der Waals surface area contributed by atoms with Crippen molar-refractivity contribution >= 4 is 39.4 Å². The van der Waals surface area contributed by atoms with E-state index in [9.17, 15) is 0 Å². The quantitative estimate of drug-likeness (QED) is 0.872. The summed E-state index contributed by atoms with van der Waals surface area (Å²) >= 11 is 6.59. The molecule has 0 bridgehead atoms. The topological polar surface area (TPSA) is 42.1 Å². The monoisotopic (exact) mass is 277 g/mol. The molecule has 0 atom stereocenters. The summed E-state index contributed by atoms with van der Waals surface area (Å²) in [5.74, 6) is 0. The second-order valence-electron chi connectivity index (χ2n) is 3.95. The molecule has 18 heavy (non-hydrogen) atoms. The normalized spacial score (nSPS) is 10.3. The molecule has 1 aromatic carbocycles. The number of rotatable bonds is 4. The van der Waals surface area contributed by atoms with Gasteiger partial charge in [-0.25, -0.2) is 4.98 Å². The number of thiazole rings is 1. The number of hydrogen-bond donors (Lipinski definition) is 1. The maximum Gasteiger partial charge on any atom is 0.189 e. The van der Waals surface area contributed by atoms with Gasteiger partial charge in [-0.1, -0.05) is 19.1 Å². The highest BCUT2D eigenvalue weighted by atomic mass is 32.1. The van der Waals surface area contributed by atoms with Crippen molar-refractivity contribution in [1.29, 1.82) is 0 Å². The van der Waals surface area contributed by atoms with Crippen molar-refractivity contribution in [2.75, 3.05) is 11.9 Å². The molecule has 5 heteroatoms. The molecule has 2 rings (SSSR count). The third-order valence-corrected chi connectivity index (χ3v) is 3.93. The van der Waals surface area contributed by atoms with Gasteiger partial charge in [0.2, 0.25) is 0 Å². The molecular weight excluding hydrogens is 262 g/mol. The number of aryl methyl sites for hydroxylation is 1. The first-order valence-corrected chi connectivity index (χ1v) is 6.98. The fourth-order valence-electron chi connectivity index (χ4n) is 1.57. The van der Waals surface area contributed by atoms with Gasteiger partial charge in [0.1, 0.15) is 4.99 Å². The van der Waals surface area contributed by atoms with Gasteiger partial charge in [0.05, 0.1) is 5.69 Å². The first-order chi connectivity index (χ1) is 8.61. The Hall–Kier alpha value is -1.46. The first kappa shape index (κ1) is 13.0. The molecule has 3 nitrogen and oxygen atoms in total. The summed E-state index contributed by atoms with van der Waals surface area (Å²) in [6.07, 6.45) is 0.963. The van der Waals surface area contributed by atoms with E-state index in [1.165, 1.54) is 0 Å². The maximum atomic E-state index is 5.58. The third kappa shape index (κ3) is 2.68. The van der Waals surface area contributed by atoms with E-state index in [0.717, 1.165) is 28.5 Å². The van der Waals surface area contributed by atoms with Crippen molar-refractivity contribution in [3.05, 3.63) is 40.9 Å². The molecule has 0 radical (unpaired) electrons. The van der Waals surface area contributed by atoms with E-state index in [2.05, 4.69) is 22.2 Å². The second-order valence-corrected chi connectivity index (χ2v) is 5.22. The molecule has 1 aromatic heterocycles. The summed E-state index contributed by atoms with van der Waals surface area (Å²) in [6, 6.07) is 7.87. The second kappa shape index (κ2) is 5.46. The third-order valence-electron chi connectivity index (χ3n) is 2.73. The minimum Gasteiger partial charge on any atom is -0.389 e. The van der Waals surface area contributed by atoms with Crippen LogP contribution in [0.4, 0.5) is 10.8 Å². The molecule has 0 aliphatic rings. The number of hydrogen-bond acceptors (Lipinski definition) is 4. The Labute approximate surface area is 116 Å². The standard InChI is InChI=1S/C13H15N3S2/c1-3-10-8-18-13(15-10)16(2)11-6-4-9(5-7-11)12(14)17/h4-8H,3H2,1-2H3,(H2,14,17). The lowest BCUT2D eigenvalue weighted by Crippen LogP contribution is -2.11. The maximum absolute atomic E-state index is 5.58. The van der Waals surface area contributed by atoms with Gasteiger partial charge in [-0.05, 0) is 30.7 Å². The minimum absolute atomic E-state index is 0.423. The molecule has 0 spiro atoms. The Balaban J connectivity index is 2.22. The van der Waals surface area contributed by atoms with E-state index >= 15 is 0 Å². The SMILES string of the molecule is CCc1csc(N(C)c2ccc(C(N)=S)cc2)n1. The molecule has 2 N–H and O–H groups in total. The van der Waals surface area contributed by atoms with Gasteiger partial charge in [-0.2, -0.15) is 0 Å². The lowest BCUT2D eigenvalue weighted by molar-refractivity contribution is 1.04. The Morgan fingerprint density at radius 1 is 1.39 bits per heavy atom. The van der Waals surface area contributed by atoms with Gasteiger partial charge in [0, 0.05) is 23.7 Å². The lowest BCUT2D eigenvalue weighted by atomic mass is 10.2. The molecule has 0 aliphatic heterocycles. The van der Waals surface area contributed by atoms with Gasteiger partial charge in [-0.15, -0.1) is 11.3 Å². The summed E-state index contributed by atoms with van der Waals surface area (Å²) in [7, 11) is 2.01. The zero-order valence-corrected chi connectivity index (χ0v) is 12.0. The summed E-state index contributed by atoms with van der Waals surface area (Å²) in [5.41, 5.74) is 8.67. The highest BCUT2D eigenvalue weighted by molar-refractivity contribution is 7.80. The van der Waals surface area contributed by atoms with Crippen molar-refractivity contribution < 1.29 is 0 Å². The smallest absolute Gasteiger partial charge is 0.189 e. The largest absolute Gasteiger partial charge is 0.389 e. The van der Waals surface area contributed by atoms with Crippen LogP contribution in [0.15, 0.2) is 29.6 Å². The van der Waals surface area contributed by atoms with Crippen LogP contribution in [0.25, 0.3) is 0 Å². The van der Waals surface area contributed by atoms with Crippen LogP contribution < -0.4 is 10.6 Å². The van der Waals surface area contributed by atoms with Crippen LogP contribution in [-0.2, 0) is 6.42 Å². The van der Waals surface area contributed by atoms with E-state index in [1.54, 1.807) is 11.3 Å². The molecule has 0 saturated heterocycles. The average molecular weight is 277 g/mol. The highest BCUT2D eigenvalue weighted by Crippen LogP contribution is 2.27. The fraction of sp³-hybridized carbons (Fsp3) is 0.231. The number of aromatic nitrogens is 1. The molecule has 0 unspecified atom stereocenters. The van der Waals surface area contributed by atoms with Crippen molar-refractivity contribution in [3.8, 4) is 0 Å². The van der Waals surface area contributed by atoms with Crippen LogP contribution in [0.2, 0.25) is 0 Å². The lowest BCUT2D eigenvalue weighted by Gasteiger charge is -2.16. The van der Waals surface area contributed by atoms with Crippen LogP contribution >= 0.6 is 23.6 Å². The van der Waals surface area contributed by atoms with E-state index in [1.807, 2.05) is 31.3 Å². The number of nitrogens with two attached hydrogens (primary N) is 1. The van der Waals surface area contributed by atoms with Crippen LogP contribution in [0.1, 0.15) is 18.2 Å². The number of nitrogens with zero attached hydrogens (tertiary/aromatic N) is 2. The predicted octanol–water partition coefficient (Wildman–Crippen LogP) is 3.11. The number of benzene rings is 1. The fourth-order valence-corrected chi connectivity index (χ4v) is 2.60. The molecule has 2 aromatic rings. The van der Waals surface area contributed by atoms with Crippen molar-refractivity contribution in [1.82, 2.24) is 4.98 Å². The van der Waals surface area contributed by atoms with Gasteiger partial charge in [0.15, 0.2) is 5.13 Å². The van der Waals surface area contributed by atoms with E-state index in [0.29, 0.717) is 4.99 Å². The van der Waals surface area contributed by atoms with E-state index in [-0.39, 0.29) is 0 Å². The Bertz CT molecular complexity index is 546. The van der Waals surface area contributed by atoms with Crippen LogP contribution in [0, 0.1) is 0 Å². The minimum atomic E-state index is 0.423. The Morgan fingerprint density at radius 2 is 2.06 bits per heavy atom. The molecule has 0 aliphatic carbocycles. The van der Waals surface area contributed by atoms with Crippen LogP contribution in [-0.4, -0.2) is 17.0 Å². The molecule has 0 saturated carbocycles. The summed E-state index contributed by atoms with van der Waals surface area (Å²) < 4.78 is 0. The number of anilines is 2. The first-order valence-electron chi connectivity index (χ1n) is 5.69. The van der Waals surface area contributed by atoms with Crippen molar-refractivity contribution in [2.45, 2.75) is 13.3 Å². The molecule has 1 heterocycles. The average Bonchev–Trinajstić information content (AvgIpc) is 2.86. The molecule has 94 valence electrons. The highest BCUT2D eigenvalue weighted by Gasteiger charge is 2.08. The van der Waals surface area contributed by atoms with Gasteiger partial charge in [-0.3, -0.25) is 0 Å². The van der Waals surface area contributed by atoms with Crippen LogP contribution in [0.5, 0.6) is 0 Å². The van der Waals surface area contributed by atoms with Crippen molar-refractivity contribution in [2.24, 2.45) is 5.73 Å². The Morgan fingerprint density at radius 3 is 2.56 bits per heavy atom. The van der Waals surface area contributed by atoms with Gasteiger partial charge in [0.25, 0.3) is 0 Å². The molecule has 0 fully saturated rings. The predicted molar refractivity (Wildman–Crippen MR) is 81.9 cm³/mol. The zero-order chi connectivity index (χ0) is 13.1. The van der Waals surface area contributed by atoms with Gasteiger partial charge >= 0.3 is 0 Å². The summed E-state index contributed by atoms with van der Waals surface area (Å²) in [6.45, 7) is 2.11. The van der Waals surface area contributed by atoms with E-state index in [4.69, 9.17) is 18.0 Å². The van der Waals surface area contributed by atoms with E-state index < -0.39 is 0 Å². The zero-order valence-electron chi connectivity index (χ0n) is 10.4. The molecule has 0 amide bonds. The van der Waals surface area contributed by atoms with Crippen LogP contribution in [0.3, 0.4) is 0 Å². The summed E-state index contributed by atoms with van der Waals surface area (Å²) in [5, 5.41) is 3.09. The van der Waals surface area contributed by atoms with Gasteiger partial charge < -0.3 is 10.6 Å². The summed E-state index contributed by atoms with van der Waals surface area (Å²) in [4.78, 5) is 7.04. The van der Waals surface area contributed by atoms with Crippen molar-refractivity contribution in [3.63, 3.8) is 0 Å².